The Morgan fingerprint density at radius 3 is 2.66 bits per heavy atom. The Morgan fingerprint density at radius 2 is 1.79 bits per heavy atom. The lowest BCUT2D eigenvalue weighted by molar-refractivity contribution is 0.628. The highest BCUT2D eigenvalue weighted by Gasteiger charge is 2.18. The number of nitrogens with two attached hydrogens (primary N) is 1. The number of rotatable bonds is 3. The second-order valence-electron chi connectivity index (χ2n) is 6.66. The van der Waals surface area contributed by atoms with E-state index in [1.54, 1.807) is 12.3 Å². The van der Waals surface area contributed by atoms with E-state index in [-0.39, 0.29) is 10.9 Å². The van der Waals surface area contributed by atoms with Gasteiger partial charge in [0.05, 0.1) is 10.4 Å². The predicted molar refractivity (Wildman–Crippen MR) is 116 cm³/mol. The molecule has 0 amide bonds. The van der Waals surface area contributed by atoms with Gasteiger partial charge in [0.25, 0.3) is 0 Å². The Bertz CT molecular complexity index is 1370. The lowest BCUT2D eigenvalue weighted by Crippen LogP contribution is -1.94. The van der Waals surface area contributed by atoms with Gasteiger partial charge in [0.1, 0.15) is 17.2 Å². The van der Waals surface area contributed by atoms with Crippen molar-refractivity contribution in [3.05, 3.63) is 83.8 Å². The molecule has 0 aliphatic rings. The zero-order valence-electron chi connectivity index (χ0n) is 15.1. The molecule has 0 unspecified atom stereocenters. The predicted octanol–water partition coefficient (Wildman–Crippen LogP) is 6.77. The quantitative estimate of drug-likeness (QED) is 0.349. The van der Waals surface area contributed by atoms with Gasteiger partial charge in [-0.3, -0.25) is 4.98 Å². The van der Waals surface area contributed by atoms with Crippen LogP contribution < -0.4 is 11.1 Å². The van der Waals surface area contributed by atoms with Crippen LogP contribution >= 0.6 is 11.6 Å². The number of anilines is 3. The number of halogens is 2. The van der Waals surface area contributed by atoms with Crippen molar-refractivity contribution in [2.75, 3.05) is 11.1 Å². The van der Waals surface area contributed by atoms with Gasteiger partial charge in [-0.15, -0.1) is 0 Å². The molecule has 0 saturated heterocycles. The number of pyridine rings is 1. The molecule has 0 fully saturated rings. The first kappa shape index (κ1) is 17.5. The van der Waals surface area contributed by atoms with Crippen molar-refractivity contribution in [1.82, 2.24) is 4.98 Å². The first-order valence-corrected chi connectivity index (χ1v) is 9.37. The van der Waals surface area contributed by atoms with E-state index >= 15 is 0 Å². The molecule has 0 spiro atoms. The highest BCUT2D eigenvalue weighted by Crippen LogP contribution is 2.40. The minimum absolute atomic E-state index is 0.0273. The van der Waals surface area contributed by atoms with Crippen LogP contribution in [0, 0.1) is 5.82 Å². The van der Waals surface area contributed by atoms with Crippen molar-refractivity contribution < 1.29 is 8.81 Å². The van der Waals surface area contributed by atoms with Crippen molar-refractivity contribution in [3.63, 3.8) is 0 Å². The van der Waals surface area contributed by atoms with Crippen molar-refractivity contribution in [2.45, 2.75) is 0 Å². The van der Waals surface area contributed by atoms with Gasteiger partial charge in [-0.25, -0.2) is 4.39 Å². The lowest BCUT2D eigenvalue weighted by Gasteiger charge is -2.07. The third kappa shape index (κ3) is 2.96. The van der Waals surface area contributed by atoms with E-state index in [0.29, 0.717) is 22.7 Å². The number of nitrogen functional groups attached to an aromatic ring is 1. The minimum atomic E-state index is -0.482. The minimum Gasteiger partial charge on any atom is -0.436 e. The summed E-state index contributed by atoms with van der Waals surface area (Å²) in [6.07, 6.45) is 1.72. The summed E-state index contributed by atoms with van der Waals surface area (Å²) >= 11 is 5.89. The number of hydrogen-bond donors (Lipinski definition) is 2. The number of nitrogens with one attached hydrogen (secondary N) is 1. The summed E-state index contributed by atoms with van der Waals surface area (Å²) in [6.45, 7) is 0. The normalized spacial score (nSPS) is 11.2. The average molecular weight is 404 g/mol. The molecule has 5 rings (SSSR count). The monoisotopic (exact) mass is 403 g/mol. The fraction of sp³-hybridized carbons (Fsp3) is 0. The fourth-order valence-corrected chi connectivity index (χ4v) is 3.69. The maximum atomic E-state index is 13.5. The summed E-state index contributed by atoms with van der Waals surface area (Å²) in [4.78, 5) is 4.57. The molecule has 2 heterocycles. The molecule has 0 aliphatic carbocycles. The van der Waals surface area contributed by atoms with Crippen LogP contribution in [0.25, 0.3) is 33.0 Å². The first-order chi connectivity index (χ1) is 14.1. The Hall–Kier alpha value is -3.57. The Kier molecular flexibility index (Phi) is 4.11. The maximum Gasteiger partial charge on any atom is 0.215 e. The van der Waals surface area contributed by atoms with Gasteiger partial charge in [-0.05, 0) is 35.0 Å². The average Bonchev–Trinajstić information content (AvgIpc) is 3.05. The van der Waals surface area contributed by atoms with Crippen LogP contribution in [0.3, 0.4) is 0 Å². The molecular weight excluding hydrogens is 389 g/mol. The second kappa shape index (κ2) is 6.79. The molecule has 0 radical (unpaired) electrons. The van der Waals surface area contributed by atoms with Gasteiger partial charge in [-0.1, -0.05) is 54.1 Å². The third-order valence-electron chi connectivity index (χ3n) is 4.87. The highest BCUT2D eigenvalue weighted by atomic mass is 35.5. The van der Waals surface area contributed by atoms with Gasteiger partial charge in [0, 0.05) is 17.4 Å². The zero-order valence-corrected chi connectivity index (χ0v) is 15.9. The number of aromatic nitrogens is 1. The van der Waals surface area contributed by atoms with Crippen LogP contribution in [0.1, 0.15) is 0 Å². The molecule has 5 aromatic rings. The third-order valence-corrected chi connectivity index (χ3v) is 5.16. The zero-order chi connectivity index (χ0) is 20.0. The van der Waals surface area contributed by atoms with Crippen LogP contribution in [0.5, 0.6) is 0 Å². The molecule has 3 aromatic carbocycles. The molecule has 0 saturated carbocycles. The molecular formula is C23H15ClFN3O. The molecule has 0 aliphatic heterocycles. The van der Waals surface area contributed by atoms with Crippen LogP contribution in [0.4, 0.5) is 21.6 Å². The fourth-order valence-electron chi connectivity index (χ4n) is 3.51. The number of fused-ring (bicyclic) bond motifs is 2. The summed E-state index contributed by atoms with van der Waals surface area (Å²) in [5.41, 5.74) is 9.60. The molecule has 2 aromatic heterocycles. The van der Waals surface area contributed by atoms with Gasteiger partial charge < -0.3 is 15.5 Å². The molecule has 142 valence electrons. The smallest absolute Gasteiger partial charge is 0.215 e. The summed E-state index contributed by atoms with van der Waals surface area (Å²) in [6, 6.07) is 20.4. The van der Waals surface area contributed by atoms with Crippen LogP contribution in [0.15, 0.2) is 77.3 Å². The molecule has 0 atom stereocenters. The first-order valence-electron chi connectivity index (χ1n) is 8.99. The molecule has 0 bridgehead atoms. The van der Waals surface area contributed by atoms with E-state index in [9.17, 15) is 4.39 Å². The highest BCUT2D eigenvalue weighted by molar-refractivity contribution is 6.31. The van der Waals surface area contributed by atoms with Crippen LogP contribution in [-0.4, -0.2) is 4.98 Å². The molecule has 3 N–H and O–H groups in total. The summed E-state index contributed by atoms with van der Waals surface area (Å²) < 4.78 is 19.4. The Morgan fingerprint density at radius 1 is 0.966 bits per heavy atom. The van der Waals surface area contributed by atoms with Gasteiger partial charge in [0.2, 0.25) is 5.88 Å². The number of furan rings is 1. The van der Waals surface area contributed by atoms with Crippen molar-refractivity contribution >= 4 is 50.6 Å². The Labute approximate surface area is 170 Å². The number of benzene rings is 3. The van der Waals surface area contributed by atoms with E-state index < -0.39 is 5.82 Å². The van der Waals surface area contributed by atoms with E-state index in [4.69, 9.17) is 21.8 Å². The van der Waals surface area contributed by atoms with Crippen molar-refractivity contribution in [1.29, 1.82) is 0 Å². The Balaban J connectivity index is 1.68. The SMILES string of the molecule is Nc1oc2c(-c3cccc4ccccc34)nccc2c1Nc1ccc(F)c(Cl)c1. The summed E-state index contributed by atoms with van der Waals surface area (Å²) in [7, 11) is 0. The van der Waals surface area contributed by atoms with Crippen molar-refractivity contribution in [2.24, 2.45) is 0 Å². The van der Waals surface area contributed by atoms with Crippen LogP contribution in [-0.2, 0) is 0 Å². The second-order valence-corrected chi connectivity index (χ2v) is 7.07. The maximum absolute atomic E-state index is 13.5. The number of hydrogen-bond acceptors (Lipinski definition) is 4. The van der Waals surface area contributed by atoms with Gasteiger partial charge >= 0.3 is 0 Å². The van der Waals surface area contributed by atoms with Gasteiger partial charge in [0.15, 0.2) is 5.58 Å². The van der Waals surface area contributed by atoms with E-state index in [2.05, 4.69) is 28.5 Å². The largest absolute Gasteiger partial charge is 0.436 e. The number of nitrogens with zero attached hydrogens (tertiary/aromatic N) is 1. The summed E-state index contributed by atoms with van der Waals surface area (Å²) in [5.74, 6) is -0.264. The van der Waals surface area contributed by atoms with E-state index in [1.165, 1.54) is 12.1 Å². The van der Waals surface area contributed by atoms with Gasteiger partial charge in [-0.2, -0.15) is 0 Å². The van der Waals surface area contributed by atoms with Crippen LogP contribution in [0.2, 0.25) is 5.02 Å². The molecule has 6 heteroatoms. The van der Waals surface area contributed by atoms with E-state index in [0.717, 1.165) is 21.7 Å². The molecule has 4 nitrogen and oxygen atoms in total. The van der Waals surface area contributed by atoms with E-state index in [1.807, 2.05) is 30.3 Å². The standard InChI is InChI=1S/C23H15ClFN3O/c24-18-12-14(8-9-19(18)25)28-21-17-10-11-27-20(22(17)29-23(21)26)16-7-3-5-13-4-1-2-6-15(13)16/h1-12,28H,26H2. The summed E-state index contributed by atoms with van der Waals surface area (Å²) in [5, 5.41) is 6.17. The van der Waals surface area contributed by atoms with Crippen molar-refractivity contribution in [3.8, 4) is 11.3 Å². The topological polar surface area (TPSA) is 64.1 Å². The lowest BCUT2D eigenvalue weighted by atomic mass is 10.0. The molecule has 29 heavy (non-hydrogen) atoms.